The van der Waals surface area contributed by atoms with Crippen molar-refractivity contribution in [2.75, 3.05) is 0 Å². The van der Waals surface area contributed by atoms with Crippen molar-refractivity contribution in [3.63, 3.8) is 0 Å². The van der Waals surface area contributed by atoms with E-state index in [4.69, 9.17) is 16.6 Å². The molecule has 1 aromatic carbocycles. The van der Waals surface area contributed by atoms with Crippen LogP contribution in [-0.2, 0) is 13.2 Å². The first-order valence-corrected chi connectivity index (χ1v) is 7.71. The quantitative estimate of drug-likeness (QED) is 0.609. The van der Waals surface area contributed by atoms with Gasteiger partial charge in [0.1, 0.15) is 11.3 Å². The lowest BCUT2D eigenvalue weighted by Gasteiger charge is -2.15. The van der Waals surface area contributed by atoms with Gasteiger partial charge in [-0.2, -0.15) is 13.2 Å². The zero-order valence-corrected chi connectivity index (χ0v) is 14.7. The van der Waals surface area contributed by atoms with E-state index in [-0.39, 0.29) is 21.3 Å². The van der Waals surface area contributed by atoms with Gasteiger partial charge in [-0.25, -0.2) is 4.68 Å². The first-order chi connectivity index (χ1) is 11.5. The normalized spacial score (nSPS) is 12.1. The highest BCUT2D eigenvalue weighted by Gasteiger charge is 2.39. The van der Waals surface area contributed by atoms with Crippen molar-refractivity contribution in [2.24, 2.45) is 7.05 Å². The highest BCUT2D eigenvalue weighted by molar-refractivity contribution is 7.71. The SMILES string of the molecule is Cc1cc(=O)c2c(C)c(-n3c(C(F)(F)F)nn(C)c3=S)cc(C)c2o1. The summed E-state index contributed by atoms with van der Waals surface area (Å²) in [5.74, 6) is -0.708. The van der Waals surface area contributed by atoms with Gasteiger partial charge in [0.25, 0.3) is 0 Å². The maximum absolute atomic E-state index is 13.4. The number of hydrogen-bond acceptors (Lipinski definition) is 4. The Hall–Kier alpha value is -2.42. The molecule has 5 nitrogen and oxygen atoms in total. The molecule has 0 bridgehead atoms. The van der Waals surface area contributed by atoms with Gasteiger partial charge in [-0.3, -0.25) is 9.36 Å². The molecule has 0 aliphatic rings. The van der Waals surface area contributed by atoms with E-state index in [1.165, 1.54) is 19.2 Å². The molecular formula is C16H14F3N3O2S. The number of benzene rings is 1. The minimum absolute atomic E-state index is 0.120. The summed E-state index contributed by atoms with van der Waals surface area (Å²) in [4.78, 5) is 12.4. The van der Waals surface area contributed by atoms with Crippen LogP contribution in [0.2, 0.25) is 0 Å². The van der Waals surface area contributed by atoms with E-state index >= 15 is 0 Å². The summed E-state index contributed by atoms with van der Waals surface area (Å²) in [6, 6.07) is 2.83. The molecule has 0 atom stereocenters. The predicted octanol–water partition coefficient (Wildman–Crippen LogP) is 3.99. The van der Waals surface area contributed by atoms with Gasteiger partial charge in [-0.05, 0) is 50.2 Å². The van der Waals surface area contributed by atoms with Crippen molar-refractivity contribution in [1.29, 1.82) is 0 Å². The average molecular weight is 369 g/mol. The molecule has 2 aromatic heterocycles. The third-order valence-corrected chi connectivity index (χ3v) is 4.41. The fraction of sp³-hybridized carbons (Fsp3) is 0.312. The van der Waals surface area contributed by atoms with Crippen molar-refractivity contribution in [3.05, 3.63) is 49.8 Å². The average Bonchev–Trinajstić information content (AvgIpc) is 2.78. The standard InChI is InChI=1S/C16H14F3N3O2S/c1-7-5-10(9(3)12-11(23)6-8(2)24-13(7)12)22-14(16(17,18)19)20-21(4)15(22)25/h5-6H,1-4H3. The van der Waals surface area contributed by atoms with Crippen LogP contribution in [0.4, 0.5) is 13.2 Å². The van der Waals surface area contributed by atoms with Gasteiger partial charge < -0.3 is 4.42 Å². The molecule has 2 heterocycles. The summed E-state index contributed by atoms with van der Waals surface area (Å²) in [7, 11) is 1.34. The molecule has 0 N–H and O–H groups in total. The van der Waals surface area contributed by atoms with E-state index in [1.54, 1.807) is 20.8 Å². The second kappa shape index (κ2) is 5.55. The molecule has 132 valence electrons. The molecule has 0 saturated heterocycles. The summed E-state index contributed by atoms with van der Waals surface area (Å²) in [5.41, 5.74) is 1.09. The summed E-state index contributed by atoms with van der Waals surface area (Å²) >= 11 is 5.11. The number of halogens is 3. The molecule has 0 aliphatic carbocycles. The van der Waals surface area contributed by atoms with Gasteiger partial charge in [0.05, 0.1) is 11.1 Å². The van der Waals surface area contributed by atoms with Gasteiger partial charge >= 0.3 is 6.18 Å². The number of nitrogens with zero attached hydrogens (tertiary/aromatic N) is 3. The number of rotatable bonds is 1. The van der Waals surface area contributed by atoms with Gasteiger partial charge in [0, 0.05) is 13.1 Å². The lowest BCUT2D eigenvalue weighted by molar-refractivity contribution is -0.146. The zero-order valence-electron chi connectivity index (χ0n) is 13.9. The highest BCUT2D eigenvalue weighted by Crippen LogP contribution is 2.33. The van der Waals surface area contributed by atoms with Gasteiger partial charge in [-0.1, -0.05) is 0 Å². The predicted molar refractivity (Wildman–Crippen MR) is 88.6 cm³/mol. The maximum Gasteiger partial charge on any atom is 0.452 e. The van der Waals surface area contributed by atoms with Crippen LogP contribution in [0.1, 0.15) is 22.7 Å². The van der Waals surface area contributed by atoms with Crippen molar-refractivity contribution in [3.8, 4) is 5.69 Å². The molecule has 0 spiro atoms. The molecule has 0 aliphatic heterocycles. The van der Waals surface area contributed by atoms with Crippen molar-refractivity contribution >= 4 is 23.2 Å². The number of aryl methyl sites for hydroxylation is 4. The Bertz CT molecular complexity index is 1120. The Labute approximate surface area is 145 Å². The largest absolute Gasteiger partial charge is 0.461 e. The molecule has 0 saturated carbocycles. The Kier molecular flexibility index (Phi) is 3.86. The zero-order chi connectivity index (χ0) is 18.7. The first kappa shape index (κ1) is 17.4. The van der Waals surface area contributed by atoms with E-state index < -0.39 is 12.0 Å². The smallest absolute Gasteiger partial charge is 0.452 e. The fourth-order valence-electron chi connectivity index (χ4n) is 2.85. The molecule has 9 heteroatoms. The topological polar surface area (TPSA) is 53.0 Å². The molecule has 0 radical (unpaired) electrons. The lowest BCUT2D eigenvalue weighted by atomic mass is 10.0. The Morgan fingerprint density at radius 3 is 2.44 bits per heavy atom. The van der Waals surface area contributed by atoms with Crippen LogP contribution in [0, 0.1) is 25.5 Å². The summed E-state index contributed by atoms with van der Waals surface area (Å²) in [6.07, 6.45) is -4.69. The van der Waals surface area contributed by atoms with E-state index in [2.05, 4.69) is 5.10 Å². The first-order valence-electron chi connectivity index (χ1n) is 7.30. The Morgan fingerprint density at radius 2 is 1.84 bits per heavy atom. The van der Waals surface area contributed by atoms with Crippen LogP contribution in [0.5, 0.6) is 0 Å². The molecule has 0 fully saturated rings. The van der Waals surface area contributed by atoms with Crippen molar-refractivity contribution in [1.82, 2.24) is 14.3 Å². The number of alkyl halides is 3. The van der Waals surface area contributed by atoms with Crippen LogP contribution in [-0.4, -0.2) is 14.3 Å². The third-order valence-electron chi connectivity index (χ3n) is 3.96. The summed E-state index contributed by atoms with van der Waals surface area (Å²) < 4.78 is 47.5. The minimum Gasteiger partial charge on any atom is -0.461 e. The van der Waals surface area contributed by atoms with E-state index in [0.29, 0.717) is 22.5 Å². The van der Waals surface area contributed by atoms with Crippen molar-refractivity contribution in [2.45, 2.75) is 26.9 Å². The molecular weight excluding hydrogens is 355 g/mol. The Morgan fingerprint density at radius 1 is 1.20 bits per heavy atom. The van der Waals surface area contributed by atoms with Crippen molar-refractivity contribution < 1.29 is 17.6 Å². The van der Waals surface area contributed by atoms with Crippen LogP contribution in [0.25, 0.3) is 16.7 Å². The van der Waals surface area contributed by atoms with Gasteiger partial charge in [-0.15, -0.1) is 5.10 Å². The lowest BCUT2D eigenvalue weighted by Crippen LogP contribution is -2.16. The van der Waals surface area contributed by atoms with E-state index in [1.807, 2.05) is 0 Å². The number of fused-ring (bicyclic) bond motifs is 1. The van der Waals surface area contributed by atoms with Crippen LogP contribution in [0.15, 0.2) is 21.3 Å². The second-order valence-electron chi connectivity index (χ2n) is 5.83. The summed E-state index contributed by atoms with van der Waals surface area (Å²) in [6.45, 7) is 4.88. The number of aromatic nitrogens is 3. The molecule has 0 amide bonds. The molecule has 0 unspecified atom stereocenters. The monoisotopic (exact) mass is 369 g/mol. The van der Waals surface area contributed by atoms with Crippen LogP contribution in [0.3, 0.4) is 0 Å². The van der Waals surface area contributed by atoms with Gasteiger partial charge in [0.15, 0.2) is 5.43 Å². The van der Waals surface area contributed by atoms with E-state index in [9.17, 15) is 18.0 Å². The fourth-order valence-corrected chi connectivity index (χ4v) is 3.07. The van der Waals surface area contributed by atoms with E-state index in [0.717, 1.165) is 9.25 Å². The summed E-state index contributed by atoms with van der Waals surface area (Å²) in [5, 5.41) is 3.73. The minimum atomic E-state index is -4.69. The number of hydrogen-bond donors (Lipinski definition) is 0. The third kappa shape index (κ3) is 2.68. The van der Waals surface area contributed by atoms with Crippen LogP contribution < -0.4 is 5.43 Å². The second-order valence-corrected chi connectivity index (χ2v) is 6.19. The Balaban J connectivity index is 2.50. The molecule has 3 rings (SSSR count). The molecule has 25 heavy (non-hydrogen) atoms. The van der Waals surface area contributed by atoms with Gasteiger partial charge in [0.2, 0.25) is 10.6 Å². The highest BCUT2D eigenvalue weighted by atomic mass is 32.1. The van der Waals surface area contributed by atoms with Crippen LogP contribution >= 0.6 is 12.2 Å². The maximum atomic E-state index is 13.4. The molecule has 3 aromatic rings.